The minimum atomic E-state index is -1.15. The van der Waals surface area contributed by atoms with E-state index in [1.807, 2.05) is 0 Å². The van der Waals surface area contributed by atoms with Gasteiger partial charge in [-0.2, -0.15) is 0 Å². The number of esters is 1. The number of hydrogen-bond acceptors (Lipinski definition) is 5. The molecule has 33 heavy (non-hydrogen) atoms. The maximum absolute atomic E-state index is 11.7. The molecule has 0 aromatic heterocycles. The van der Waals surface area contributed by atoms with Crippen molar-refractivity contribution in [1.29, 1.82) is 0 Å². The minimum Gasteiger partial charge on any atom is -0.478 e. The van der Waals surface area contributed by atoms with Crippen molar-refractivity contribution in [1.82, 2.24) is 0 Å². The summed E-state index contributed by atoms with van der Waals surface area (Å²) in [5.41, 5.74) is -0.101. The maximum Gasteiger partial charge on any atom is 0.333 e. The van der Waals surface area contributed by atoms with E-state index in [1.165, 1.54) is 25.7 Å². The first-order chi connectivity index (χ1) is 16.0. The Morgan fingerprint density at radius 3 is 1.94 bits per heavy atom. The number of unbranched alkanes of at least 4 members (excludes halogenated alkanes) is 4. The summed E-state index contributed by atoms with van der Waals surface area (Å²) >= 11 is 0. The van der Waals surface area contributed by atoms with Crippen LogP contribution >= 0.6 is 0 Å². The second-order valence-electron chi connectivity index (χ2n) is 7.74. The fourth-order valence-corrected chi connectivity index (χ4v) is 2.61. The van der Waals surface area contributed by atoms with Gasteiger partial charge in [-0.1, -0.05) is 75.0 Å². The summed E-state index contributed by atoms with van der Waals surface area (Å²) in [4.78, 5) is 22.2. The Bertz CT molecular complexity index is 645. The van der Waals surface area contributed by atoms with E-state index in [4.69, 9.17) is 14.6 Å². The first-order valence-corrected chi connectivity index (χ1v) is 11.9. The molecule has 2 N–H and O–H groups in total. The van der Waals surface area contributed by atoms with Gasteiger partial charge in [-0.05, 0) is 44.9 Å². The molecule has 0 radical (unpaired) electrons. The molecule has 6 heteroatoms. The summed E-state index contributed by atoms with van der Waals surface area (Å²) in [7, 11) is 0. The molecule has 0 rings (SSSR count). The third-order valence-corrected chi connectivity index (χ3v) is 4.53. The first kappa shape index (κ1) is 30.6. The van der Waals surface area contributed by atoms with Gasteiger partial charge in [-0.25, -0.2) is 4.79 Å². The molecule has 0 fully saturated rings. The van der Waals surface area contributed by atoms with Gasteiger partial charge in [0.25, 0.3) is 0 Å². The molecule has 0 heterocycles. The van der Waals surface area contributed by atoms with Gasteiger partial charge in [0.05, 0.1) is 18.8 Å². The zero-order chi connectivity index (χ0) is 24.6. The molecule has 0 saturated carbocycles. The summed E-state index contributed by atoms with van der Waals surface area (Å²) in [5.74, 6) is -1.52. The maximum atomic E-state index is 11.7. The molecule has 0 aliphatic rings. The summed E-state index contributed by atoms with van der Waals surface area (Å²) in [6, 6.07) is 0. The van der Waals surface area contributed by atoms with Crippen LogP contribution in [-0.2, 0) is 19.1 Å². The monoisotopic (exact) mass is 462 g/mol. The molecule has 0 saturated heterocycles. The fraction of sp³-hybridized carbons (Fsp3) is 0.556. The van der Waals surface area contributed by atoms with Gasteiger partial charge in [-0.15, -0.1) is 0 Å². The summed E-state index contributed by atoms with van der Waals surface area (Å²) < 4.78 is 9.99. The quantitative estimate of drug-likeness (QED) is 0.0984. The van der Waals surface area contributed by atoms with Gasteiger partial charge < -0.3 is 19.7 Å². The average molecular weight is 463 g/mol. The Balaban J connectivity index is 3.61. The molecule has 0 aromatic carbocycles. The van der Waals surface area contributed by atoms with Crippen LogP contribution in [0.5, 0.6) is 0 Å². The molecule has 6 nitrogen and oxygen atoms in total. The number of ether oxygens (including phenoxy) is 2. The Kier molecular flexibility index (Phi) is 21.1. The Hall–Kier alpha value is -2.44. The van der Waals surface area contributed by atoms with Crippen LogP contribution in [0.1, 0.15) is 71.1 Å². The highest BCUT2D eigenvalue weighted by Crippen LogP contribution is 2.03. The highest BCUT2D eigenvalue weighted by molar-refractivity contribution is 5.85. The predicted molar refractivity (Wildman–Crippen MR) is 133 cm³/mol. The molecule has 0 aromatic rings. The number of allylic oxidation sites excluding steroid dienone is 8. The highest BCUT2D eigenvalue weighted by Gasteiger charge is 2.10. The van der Waals surface area contributed by atoms with E-state index in [2.05, 4.69) is 62.1 Å². The topological polar surface area (TPSA) is 93.1 Å². The van der Waals surface area contributed by atoms with Crippen molar-refractivity contribution in [2.24, 2.45) is 0 Å². The lowest BCUT2D eigenvalue weighted by molar-refractivity contribution is -0.147. The minimum absolute atomic E-state index is 0.101. The molecule has 0 amide bonds. The molecule has 0 aliphatic carbocycles. The normalized spacial score (nSPS) is 12.9. The average Bonchev–Trinajstić information content (AvgIpc) is 2.79. The Labute approximate surface area is 199 Å². The molecule has 1 atom stereocenters. The van der Waals surface area contributed by atoms with Crippen molar-refractivity contribution in [2.75, 3.05) is 19.8 Å². The lowest BCUT2D eigenvalue weighted by atomic mass is 10.2. The van der Waals surface area contributed by atoms with Crippen LogP contribution in [0.2, 0.25) is 0 Å². The largest absolute Gasteiger partial charge is 0.478 e. The SMILES string of the molecule is C=C(COCC(O)COC(=O)CCCC=CCC=CCC=CCC=CCCCCC)C(=O)O. The second-order valence-corrected chi connectivity index (χ2v) is 7.74. The van der Waals surface area contributed by atoms with E-state index in [1.54, 1.807) is 0 Å². The third kappa shape index (κ3) is 22.5. The fourth-order valence-electron chi connectivity index (χ4n) is 2.61. The highest BCUT2D eigenvalue weighted by atomic mass is 16.5. The number of carbonyl (C=O) groups excluding carboxylic acids is 1. The van der Waals surface area contributed by atoms with Gasteiger partial charge in [0, 0.05) is 6.42 Å². The summed E-state index contributed by atoms with van der Waals surface area (Å²) in [6.07, 6.45) is 25.9. The van der Waals surface area contributed by atoms with Crippen molar-refractivity contribution >= 4 is 11.9 Å². The number of carboxylic acids is 1. The smallest absolute Gasteiger partial charge is 0.333 e. The van der Waals surface area contributed by atoms with Gasteiger partial charge in [-0.3, -0.25) is 4.79 Å². The third-order valence-electron chi connectivity index (χ3n) is 4.53. The summed E-state index contributed by atoms with van der Waals surface area (Å²) in [6.45, 7) is 5.05. The van der Waals surface area contributed by atoms with Crippen LogP contribution in [-0.4, -0.2) is 48.1 Å². The lowest BCUT2D eigenvalue weighted by Crippen LogP contribution is -2.24. The number of aliphatic hydroxyl groups excluding tert-OH is 1. The van der Waals surface area contributed by atoms with E-state index >= 15 is 0 Å². The molecule has 0 bridgehead atoms. The number of aliphatic hydroxyl groups is 1. The van der Waals surface area contributed by atoms with Gasteiger partial charge >= 0.3 is 11.9 Å². The second kappa shape index (κ2) is 22.7. The first-order valence-electron chi connectivity index (χ1n) is 11.9. The van der Waals surface area contributed by atoms with E-state index in [-0.39, 0.29) is 37.8 Å². The molecule has 0 aliphatic heterocycles. The molecule has 1 unspecified atom stereocenters. The molecule has 186 valence electrons. The Morgan fingerprint density at radius 2 is 1.39 bits per heavy atom. The van der Waals surface area contributed by atoms with Crippen LogP contribution in [0, 0.1) is 0 Å². The van der Waals surface area contributed by atoms with Crippen molar-refractivity contribution in [3.63, 3.8) is 0 Å². The van der Waals surface area contributed by atoms with E-state index in [9.17, 15) is 14.7 Å². The van der Waals surface area contributed by atoms with Crippen LogP contribution in [0.25, 0.3) is 0 Å². The molecular formula is C27H42O6. The van der Waals surface area contributed by atoms with Crippen molar-refractivity contribution < 1.29 is 29.3 Å². The lowest BCUT2D eigenvalue weighted by Gasteiger charge is -2.11. The van der Waals surface area contributed by atoms with Crippen molar-refractivity contribution in [3.05, 3.63) is 60.8 Å². The van der Waals surface area contributed by atoms with E-state index in [0.29, 0.717) is 6.42 Å². The van der Waals surface area contributed by atoms with Crippen LogP contribution in [0.3, 0.4) is 0 Å². The Morgan fingerprint density at radius 1 is 0.848 bits per heavy atom. The predicted octanol–water partition coefficient (Wildman–Crippen LogP) is 5.69. The van der Waals surface area contributed by atoms with E-state index < -0.39 is 12.1 Å². The zero-order valence-electron chi connectivity index (χ0n) is 20.1. The van der Waals surface area contributed by atoms with Crippen molar-refractivity contribution in [2.45, 2.75) is 77.2 Å². The zero-order valence-corrected chi connectivity index (χ0v) is 20.1. The number of carbonyl (C=O) groups is 2. The van der Waals surface area contributed by atoms with Gasteiger partial charge in [0.1, 0.15) is 12.7 Å². The van der Waals surface area contributed by atoms with Crippen LogP contribution in [0.15, 0.2) is 60.8 Å². The van der Waals surface area contributed by atoms with Crippen molar-refractivity contribution in [3.8, 4) is 0 Å². The number of rotatable bonds is 21. The number of hydrogen-bond donors (Lipinski definition) is 2. The van der Waals surface area contributed by atoms with Gasteiger partial charge in [0.2, 0.25) is 0 Å². The summed E-state index contributed by atoms with van der Waals surface area (Å²) in [5, 5.41) is 18.3. The van der Waals surface area contributed by atoms with Gasteiger partial charge in [0.15, 0.2) is 0 Å². The van der Waals surface area contributed by atoms with Crippen LogP contribution < -0.4 is 0 Å². The number of aliphatic carboxylic acids is 1. The van der Waals surface area contributed by atoms with Crippen LogP contribution in [0.4, 0.5) is 0 Å². The molecular weight excluding hydrogens is 420 g/mol. The standard InChI is InChI=1S/C27H42O6/c1-3-4-5-6-7-8-9-10-11-12-13-14-15-16-17-18-19-20-26(29)33-23-25(28)22-32-21-24(2)27(30)31/h7-8,10-11,13-14,16-17,25,28H,2-6,9,12,15,18-23H2,1H3,(H,30,31). The number of carboxylic acid groups (broad SMARTS) is 1. The van der Waals surface area contributed by atoms with E-state index in [0.717, 1.165) is 25.7 Å². The molecule has 0 spiro atoms.